The maximum absolute atomic E-state index is 12.2. The van der Waals surface area contributed by atoms with Crippen LogP contribution < -0.4 is 9.47 Å². The van der Waals surface area contributed by atoms with E-state index < -0.39 is 0 Å². The van der Waals surface area contributed by atoms with Crippen molar-refractivity contribution in [2.45, 2.75) is 6.92 Å². The van der Waals surface area contributed by atoms with Crippen LogP contribution in [0.25, 0.3) is 10.8 Å². The summed E-state index contributed by atoms with van der Waals surface area (Å²) in [6, 6.07) is 16.2. The third-order valence-electron chi connectivity index (χ3n) is 3.22. The molecule has 2 aromatic carbocycles. The third kappa shape index (κ3) is 2.76. The van der Waals surface area contributed by atoms with Gasteiger partial charge < -0.3 is 9.47 Å². The number of hydrogen-bond donors (Lipinski definition) is 0. The molecule has 110 valence electrons. The van der Waals surface area contributed by atoms with Crippen molar-refractivity contribution in [3.8, 4) is 11.6 Å². The first-order valence-electron chi connectivity index (χ1n) is 7.07. The molecule has 0 saturated heterocycles. The minimum Gasteiger partial charge on any atom is -0.478 e. The Hall–Kier alpha value is -2.88. The molecule has 4 nitrogen and oxygen atoms in total. The van der Waals surface area contributed by atoms with Gasteiger partial charge in [0.05, 0.1) is 12.2 Å². The minimum absolute atomic E-state index is 0.386. The van der Waals surface area contributed by atoms with E-state index in [0.717, 1.165) is 10.8 Å². The second kappa shape index (κ2) is 6.26. The number of esters is 1. The van der Waals surface area contributed by atoms with Crippen molar-refractivity contribution in [3.05, 3.63) is 66.4 Å². The van der Waals surface area contributed by atoms with Gasteiger partial charge in [0.1, 0.15) is 5.75 Å². The second-order valence-corrected chi connectivity index (χ2v) is 4.66. The highest BCUT2D eigenvalue weighted by Gasteiger charge is 2.12. The predicted octanol–water partition coefficient (Wildman–Crippen LogP) is 3.85. The molecular formula is C18H15NO3. The normalized spacial score (nSPS) is 10.4. The molecule has 3 rings (SSSR count). The van der Waals surface area contributed by atoms with Crippen molar-refractivity contribution in [2.24, 2.45) is 0 Å². The van der Waals surface area contributed by atoms with Gasteiger partial charge in [0.2, 0.25) is 5.88 Å². The van der Waals surface area contributed by atoms with E-state index in [2.05, 4.69) is 4.98 Å². The standard InChI is InChI=1S/C18H15NO3/c1-2-21-17-15-9-6-10-16(14(15)11-12-19-17)22-18(20)13-7-4-3-5-8-13/h3-12H,2H2,1H3. The van der Waals surface area contributed by atoms with Crippen LogP contribution in [0.2, 0.25) is 0 Å². The predicted molar refractivity (Wildman–Crippen MR) is 84.3 cm³/mol. The molecule has 0 spiro atoms. The molecule has 22 heavy (non-hydrogen) atoms. The Morgan fingerprint density at radius 3 is 2.59 bits per heavy atom. The lowest BCUT2D eigenvalue weighted by Gasteiger charge is -2.10. The first-order chi connectivity index (χ1) is 10.8. The molecule has 0 amide bonds. The van der Waals surface area contributed by atoms with E-state index >= 15 is 0 Å². The summed E-state index contributed by atoms with van der Waals surface area (Å²) in [6.45, 7) is 2.43. The fourth-order valence-corrected chi connectivity index (χ4v) is 2.23. The monoisotopic (exact) mass is 293 g/mol. The highest BCUT2D eigenvalue weighted by Crippen LogP contribution is 2.30. The fourth-order valence-electron chi connectivity index (χ4n) is 2.23. The number of rotatable bonds is 4. The second-order valence-electron chi connectivity index (χ2n) is 4.66. The van der Waals surface area contributed by atoms with Gasteiger partial charge in [-0.05, 0) is 37.3 Å². The van der Waals surface area contributed by atoms with Crippen molar-refractivity contribution < 1.29 is 14.3 Å². The Morgan fingerprint density at radius 2 is 1.82 bits per heavy atom. The number of benzene rings is 2. The average Bonchev–Trinajstić information content (AvgIpc) is 2.57. The number of nitrogens with zero attached hydrogens (tertiary/aromatic N) is 1. The Balaban J connectivity index is 1.98. The Morgan fingerprint density at radius 1 is 1.00 bits per heavy atom. The summed E-state index contributed by atoms with van der Waals surface area (Å²) < 4.78 is 11.0. The molecule has 4 heteroatoms. The average molecular weight is 293 g/mol. The molecule has 0 aliphatic heterocycles. The van der Waals surface area contributed by atoms with Crippen LogP contribution in [0.15, 0.2) is 60.8 Å². The first-order valence-corrected chi connectivity index (χ1v) is 7.07. The van der Waals surface area contributed by atoms with E-state index in [9.17, 15) is 4.79 Å². The summed E-state index contributed by atoms with van der Waals surface area (Å²) in [5.41, 5.74) is 0.513. The zero-order chi connectivity index (χ0) is 15.4. The number of fused-ring (bicyclic) bond motifs is 1. The van der Waals surface area contributed by atoms with Crippen molar-refractivity contribution in [1.82, 2.24) is 4.98 Å². The number of pyridine rings is 1. The molecule has 0 saturated carbocycles. The summed E-state index contributed by atoms with van der Waals surface area (Å²) in [7, 11) is 0. The van der Waals surface area contributed by atoms with Gasteiger partial charge >= 0.3 is 5.97 Å². The molecule has 0 radical (unpaired) electrons. The number of hydrogen-bond acceptors (Lipinski definition) is 4. The zero-order valence-electron chi connectivity index (χ0n) is 12.2. The van der Waals surface area contributed by atoms with E-state index in [1.54, 1.807) is 36.5 Å². The van der Waals surface area contributed by atoms with Crippen molar-refractivity contribution >= 4 is 16.7 Å². The molecule has 0 fully saturated rings. The summed E-state index contributed by atoms with van der Waals surface area (Å²) in [4.78, 5) is 16.4. The van der Waals surface area contributed by atoms with Gasteiger partial charge in [0.15, 0.2) is 0 Å². The number of ether oxygens (including phenoxy) is 2. The van der Waals surface area contributed by atoms with E-state index in [-0.39, 0.29) is 5.97 Å². The van der Waals surface area contributed by atoms with Gasteiger partial charge in [-0.1, -0.05) is 24.3 Å². The Bertz CT molecular complexity index is 800. The molecule has 1 heterocycles. The minimum atomic E-state index is -0.386. The van der Waals surface area contributed by atoms with E-state index in [1.807, 2.05) is 31.2 Å². The molecule has 0 atom stereocenters. The molecule has 0 N–H and O–H groups in total. The smallest absolute Gasteiger partial charge is 0.343 e. The molecule has 0 bridgehead atoms. The number of carbonyl (C=O) groups excluding carboxylic acids is 1. The van der Waals surface area contributed by atoms with E-state index in [1.165, 1.54) is 0 Å². The van der Waals surface area contributed by atoms with Crippen LogP contribution in [-0.2, 0) is 0 Å². The summed E-state index contributed by atoms with van der Waals surface area (Å²) in [5, 5.41) is 1.62. The SMILES string of the molecule is CCOc1nccc2c(OC(=O)c3ccccc3)cccc12. The summed E-state index contributed by atoms with van der Waals surface area (Å²) >= 11 is 0. The highest BCUT2D eigenvalue weighted by atomic mass is 16.5. The Kier molecular flexibility index (Phi) is 4.01. The van der Waals surface area contributed by atoms with Crippen LogP contribution in [0, 0.1) is 0 Å². The lowest BCUT2D eigenvalue weighted by molar-refractivity contribution is 0.0737. The zero-order valence-corrected chi connectivity index (χ0v) is 12.2. The lowest BCUT2D eigenvalue weighted by atomic mass is 10.1. The largest absolute Gasteiger partial charge is 0.478 e. The first kappa shape index (κ1) is 14.1. The quantitative estimate of drug-likeness (QED) is 0.541. The molecule has 1 aromatic heterocycles. The summed E-state index contributed by atoms with van der Waals surface area (Å²) in [6.07, 6.45) is 1.65. The van der Waals surface area contributed by atoms with Gasteiger partial charge in [-0.25, -0.2) is 9.78 Å². The number of aromatic nitrogens is 1. The molecule has 0 aliphatic carbocycles. The maximum Gasteiger partial charge on any atom is 0.343 e. The Labute approximate surface area is 128 Å². The molecule has 3 aromatic rings. The van der Waals surface area contributed by atoms with Crippen LogP contribution in [0.3, 0.4) is 0 Å². The van der Waals surface area contributed by atoms with Gasteiger partial charge in [-0.15, -0.1) is 0 Å². The molecule has 0 aliphatic rings. The summed E-state index contributed by atoms with van der Waals surface area (Å²) in [5.74, 6) is 0.648. The highest BCUT2D eigenvalue weighted by molar-refractivity contribution is 5.96. The van der Waals surface area contributed by atoms with Crippen molar-refractivity contribution in [3.63, 3.8) is 0 Å². The molecule has 0 unspecified atom stereocenters. The van der Waals surface area contributed by atoms with Gasteiger partial charge in [0, 0.05) is 17.0 Å². The maximum atomic E-state index is 12.2. The van der Waals surface area contributed by atoms with Crippen molar-refractivity contribution in [1.29, 1.82) is 0 Å². The third-order valence-corrected chi connectivity index (χ3v) is 3.22. The fraction of sp³-hybridized carbons (Fsp3) is 0.111. The van der Waals surface area contributed by atoms with Crippen LogP contribution in [0.1, 0.15) is 17.3 Å². The van der Waals surface area contributed by atoms with Gasteiger partial charge in [-0.3, -0.25) is 0 Å². The van der Waals surface area contributed by atoms with Crippen LogP contribution >= 0.6 is 0 Å². The lowest BCUT2D eigenvalue weighted by Crippen LogP contribution is -2.08. The topological polar surface area (TPSA) is 48.4 Å². The van der Waals surface area contributed by atoms with Crippen LogP contribution in [0.4, 0.5) is 0 Å². The van der Waals surface area contributed by atoms with Gasteiger partial charge in [0.25, 0.3) is 0 Å². The van der Waals surface area contributed by atoms with Crippen LogP contribution in [0.5, 0.6) is 11.6 Å². The number of carbonyl (C=O) groups is 1. The molecular weight excluding hydrogens is 278 g/mol. The van der Waals surface area contributed by atoms with Gasteiger partial charge in [-0.2, -0.15) is 0 Å². The van der Waals surface area contributed by atoms with Crippen molar-refractivity contribution in [2.75, 3.05) is 6.61 Å². The van der Waals surface area contributed by atoms with E-state index in [0.29, 0.717) is 23.8 Å². The van der Waals surface area contributed by atoms with E-state index in [4.69, 9.17) is 9.47 Å². The van der Waals surface area contributed by atoms with Crippen LogP contribution in [-0.4, -0.2) is 17.6 Å².